The summed E-state index contributed by atoms with van der Waals surface area (Å²) in [6.07, 6.45) is 0. The van der Waals surface area contributed by atoms with Gasteiger partial charge in [-0.25, -0.2) is 9.59 Å². The molecule has 5 nitrogen and oxygen atoms in total. The Hall–Kier alpha value is -4.12. The monoisotopic (exact) mass is 437 g/mol. The Kier molecular flexibility index (Phi) is 5.31. The first-order valence-corrected chi connectivity index (χ1v) is 11.0. The Bertz CT molecular complexity index is 1450. The maximum absolute atomic E-state index is 13.3. The molecule has 0 spiro atoms. The molecule has 5 rings (SSSR count). The lowest BCUT2D eigenvalue weighted by Gasteiger charge is -2.10. The molecule has 0 saturated carbocycles. The van der Waals surface area contributed by atoms with Crippen LogP contribution in [0.5, 0.6) is 0 Å². The van der Waals surface area contributed by atoms with Gasteiger partial charge in [-0.1, -0.05) is 66.7 Å². The van der Waals surface area contributed by atoms with Gasteiger partial charge < -0.3 is 13.9 Å². The van der Waals surface area contributed by atoms with Crippen molar-refractivity contribution in [3.05, 3.63) is 90.0 Å². The summed E-state index contributed by atoms with van der Waals surface area (Å²) in [5, 5.41) is 0. The molecule has 0 unspecified atom stereocenters. The maximum Gasteiger partial charge on any atom is 0.341 e. The van der Waals surface area contributed by atoms with Gasteiger partial charge in [0.25, 0.3) is 0 Å². The summed E-state index contributed by atoms with van der Waals surface area (Å²) in [7, 11) is 0. The number of benzene rings is 2. The molecule has 5 heteroatoms. The van der Waals surface area contributed by atoms with Crippen molar-refractivity contribution in [2.24, 2.45) is 0 Å². The van der Waals surface area contributed by atoms with Crippen molar-refractivity contribution in [1.82, 2.24) is 4.40 Å². The molecule has 164 valence electrons. The number of rotatable bonds is 6. The first-order valence-electron chi connectivity index (χ1n) is 11.0. The summed E-state index contributed by atoms with van der Waals surface area (Å²) < 4.78 is 12.8. The first-order chi connectivity index (χ1) is 16.2. The number of pyridine rings is 1. The minimum absolute atomic E-state index is 0.204. The number of ether oxygens (including phenoxy) is 2. The molecule has 0 saturated heterocycles. The van der Waals surface area contributed by atoms with Crippen molar-refractivity contribution in [2.75, 3.05) is 13.2 Å². The van der Waals surface area contributed by atoms with Gasteiger partial charge in [-0.15, -0.1) is 0 Å². The Labute approximate surface area is 191 Å². The van der Waals surface area contributed by atoms with E-state index in [2.05, 4.69) is 12.1 Å². The Morgan fingerprint density at radius 2 is 1.15 bits per heavy atom. The predicted molar refractivity (Wildman–Crippen MR) is 129 cm³/mol. The van der Waals surface area contributed by atoms with E-state index in [9.17, 15) is 9.59 Å². The lowest BCUT2D eigenvalue weighted by Crippen LogP contribution is -2.12. The molecule has 0 aliphatic heterocycles. The largest absolute Gasteiger partial charge is 0.462 e. The fraction of sp³-hybridized carbons (Fsp3) is 0.143. The third-order valence-electron chi connectivity index (χ3n) is 5.78. The molecular weight excluding hydrogens is 414 g/mol. The molecular formula is C28H23NO4. The lowest BCUT2D eigenvalue weighted by atomic mass is 9.94. The number of nitrogens with zero attached hydrogens (tertiary/aromatic N) is 1. The standard InChI is InChI=1S/C28H23NO4/c1-3-32-27(30)24-21-17-11-16-20-22(18-12-7-5-8-13-18)23(19-14-9-6-10-15-19)26(29(20)21)25(24)28(31)33-4-2/h5-17H,3-4H2,1-2H3. The zero-order valence-corrected chi connectivity index (χ0v) is 18.5. The van der Waals surface area contributed by atoms with Crippen LogP contribution in [0.1, 0.15) is 34.6 Å². The summed E-state index contributed by atoms with van der Waals surface area (Å²) in [6.45, 7) is 3.92. The fourth-order valence-corrected chi connectivity index (χ4v) is 4.58. The highest BCUT2D eigenvalue weighted by Gasteiger charge is 2.33. The van der Waals surface area contributed by atoms with E-state index in [4.69, 9.17) is 9.47 Å². The Morgan fingerprint density at radius 1 is 0.636 bits per heavy atom. The predicted octanol–water partition coefficient (Wildman–Crippen LogP) is 6.22. The molecule has 0 fully saturated rings. The number of esters is 2. The van der Waals surface area contributed by atoms with E-state index in [1.807, 2.05) is 71.1 Å². The van der Waals surface area contributed by atoms with Gasteiger partial charge in [-0.2, -0.15) is 0 Å². The van der Waals surface area contributed by atoms with Crippen molar-refractivity contribution in [2.45, 2.75) is 13.8 Å². The van der Waals surface area contributed by atoms with Crippen molar-refractivity contribution in [3.63, 3.8) is 0 Å². The van der Waals surface area contributed by atoms with Crippen molar-refractivity contribution in [1.29, 1.82) is 0 Å². The number of hydrogen-bond acceptors (Lipinski definition) is 4. The van der Waals surface area contributed by atoms with Crippen LogP contribution in [0, 0.1) is 0 Å². The number of carbonyl (C=O) groups excluding carboxylic acids is 2. The molecule has 33 heavy (non-hydrogen) atoms. The highest BCUT2D eigenvalue weighted by Crippen LogP contribution is 2.46. The molecule has 0 radical (unpaired) electrons. The van der Waals surface area contributed by atoms with E-state index in [1.54, 1.807) is 13.8 Å². The quantitative estimate of drug-likeness (QED) is 0.296. The van der Waals surface area contributed by atoms with Gasteiger partial charge in [0.15, 0.2) is 0 Å². The summed E-state index contributed by atoms with van der Waals surface area (Å²) in [5.41, 5.74) is 6.55. The van der Waals surface area contributed by atoms with E-state index in [0.29, 0.717) is 11.0 Å². The van der Waals surface area contributed by atoms with Crippen LogP contribution in [0.25, 0.3) is 38.8 Å². The van der Waals surface area contributed by atoms with E-state index < -0.39 is 11.9 Å². The summed E-state index contributed by atoms with van der Waals surface area (Å²) >= 11 is 0. The van der Waals surface area contributed by atoms with Crippen molar-refractivity contribution >= 4 is 28.5 Å². The van der Waals surface area contributed by atoms with Gasteiger partial charge in [0.1, 0.15) is 11.1 Å². The molecule has 3 aromatic heterocycles. The Morgan fingerprint density at radius 3 is 1.73 bits per heavy atom. The SMILES string of the molecule is CCOC(=O)c1c(C(=O)OCC)c2c(-c3ccccc3)c(-c3ccccc3)c3cccc1n32. The smallest absolute Gasteiger partial charge is 0.341 e. The van der Waals surface area contributed by atoms with Gasteiger partial charge in [-0.3, -0.25) is 0 Å². The first kappa shape index (κ1) is 20.8. The average molecular weight is 437 g/mol. The second-order valence-electron chi connectivity index (χ2n) is 7.65. The van der Waals surface area contributed by atoms with Gasteiger partial charge in [0, 0.05) is 11.1 Å². The Balaban J connectivity index is 2.00. The van der Waals surface area contributed by atoms with E-state index in [0.717, 1.165) is 27.8 Å². The minimum atomic E-state index is -0.534. The molecule has 0 aliphatic rings. The molecule has 0 amide bonds. The molecule has 0 bridgehead atoms. The summed E-state index contributed by atoms with van der Waals surface area (Å²) in [5.74, 6) is -1.06. The number of carbonyl (C=O) groups is 2. The van der Waals surface area contributed by atoms with E-state index in [-0.39, 0.29) is 24.3 Å². The highest BCUT2D eigenvalue weighted by molar-refractivity contribution is 6.20. The van der Waals surface area contributed by atoms with Crippen LogP contribution in [-0.2, 0) is 9.47 Å². The van der Waals surface area contributed by atoms with Crippen LogP contribution in [0.2, 0.25) is 0 Å². The van der Waals surface area contributed by atoms with Crippen LogP contribution >= 0.6 is 0 Å². The number of hydrogen-bond donors (Lipinski definition) is 0. The van der Waals surface area contributed by atoms with Crippen LogP contribution in [0.4, 0.5) is 0 Å². The second-order valence-corrected chi connectivity index (χ2v) is 7.65. The second kappa shape index (κ2) is 8.43. The highest BCUT2D eigenvalue weighted by atomic mass is 16.5. The topological polar surface area (TPSA) is 57.0 Å². The number of aromatic nitrogens is 1. The van der Waals surface area contributed by atoms with Gasteiger partial charge in [0.05, 0.1) is 29.8 Å². The summed E-state index contributed by atoms with van der Waals surface area (Å²) in [4.78, 5) is 26.4. The van der Waals surface area contributed by atoms with E-state index >= 15 is 0 Å². The lowest BCUT2D eigenvalue weighted by molar-refractivity contribution is 0.0483. The maximum atomic E-state index is 13.3. The van der Waals surface area contributed by atoms with Gasteiger partial charge in [-0.05, 0) is 37.1 Å². The zero-order chi connectivity index (χ0) is 22.9. The van der Waals surface area contributed by atoms with Crippen LogP contribution in [0.15, 0.2) is 78.9 Å². The average Bonchev–Trinajstić information content (AvgIpc) is 3.37. The molecule has 0 aliphatic carbocycles. The molecule has 5 aromatic rings. The van der Waals surface area contributed by atoms with Crippen LogP contribution in [-0.4, -0.2) is 29.6 Å². The van der Waals surface area contributed by atoms with Crippen molar-refractivity contribution < 1.29 is 19.1 Å². The van der Waals surface area contributed by atoms with Crippen LogP contribution < -0.4 is 0 Å². The normalized spacial score (nSPS) is 11.2. The fourth-order valence-electron chi connectivity index (χ4n) is 4.58. The minimum Gasteiger partial charge on any atom is -0.462 e. The van der Waals surface area contributed by atoms with Gasteiger partial charge >= 0.3 is 11.9 Å². The summed E-state index contributed by atoms with van der Waals surface area (Å²) in [6, 6.07) is 25.8. The third-order valence-corrected chi connectivity index (χ3v) is 5.78. The van der Waals surface area contributed by atoms with E-state index in [1.165, 1.54) is 0 Å². The molecule has 3 heterocycles. The molecule has 0 N–H and O–H groups in total. The molecule has 2 aromatic carbocycles. The van der Waals surface area contributed by atoms with Crippen molar-refractivity contribution in [3.8, 4) is 22.3 Å². The zero-order valence-electron chi connectivity index (χ0n) is 18.5. The third kappa shape index (κ3) is 3.24. The van der Waals surface area contributed by atoms with Crippen LogP contribution in [0.3, 0.4) is 0 Å². The molecule has 0 atom stereocenters. The van der Waals surface area contributed by atoms with Gasteiger partial charge in [0.2, 0.25) is 0 Å².